The molecule has 1 aromatic carbocycles. The molecule has 0 bridgehead atoms. The first-order valence-corrected chi connectivity index (χ1v) is 5.66. The fraction of sp³-hybridized carbons (Fsp3) is 0. The smallest absolute Gasteiger partial charge is 0.259 e. The molecule has 2 aromatic rings. The molecule has 78 valence electrons. The molecule has 0 radical (unpaired) electrons. The fourth-order valence-corrected chi connectivity index (χ4v) is 2.47. The zero-order valence-electron chi connectivity index (χ0n) is 7.22. The van der Waals surface area contributed by atoms with Crippen LogP contribution < -0.4 is 5.56 Å². The van der Waals surface area contributed by atoms with E-state index >= 15 is 0 Å². The number of fused-ring (bicyclic) bond motifs is 1. The minimum Gasteiger partial charge on any atom is -0.313 e. The highest BCUT2D eigenvalue weighted by Crippen LogP contribution is 2.36. The lowest BCUT2D eigenvalue weighted by atomic mass is 10.2. The van der Waals surface area contributed by atoms with Crippen LogP contribution >= 0.6 is 50.5 Å². The number of aromatic amines is 1. The largest absolute Gasteiger partial charge is 0.313 e. The third-order valence-corrected chi connectivity index (χ3v) is 4.29. The predicted molar refractivity (Wildman–Crippen MR) is 71.4 cm³/mol. The molecule has 0 aliphatic rings. The van der Waals surface area contributed by atoms with Crippen LogP contribution in [-0.2, 0) is 0 Å². The van der Waals surface area contributed by atoms with Crippen LogP contribution in [0.25, 0.3) is 10.9 Å². The number of hydrogen-bond acceptors (Lipinski definition) is 6. The molecule has 7 heteroatoms. The van der Waals surface area contributed by atoms with E-state index in [0.29, 0.717) is 30.5 Å². The van der Waals surface area contributed by atoms with Gasteiger partial charge in [-0.15, -0.1) is 50.5 Å². The SMILES string of the molecule is O=c1[nH]cnc2c(S)c(S)c(S)c(S)c12. The maximum atomic E-state index is 11.6. The zero-order valence-corrected chi connectivity index (χ0v) is 10.8. The molecular weight excluding hydrogens is 268 g/mol. The summed E-state index contributed by atoms with van der Waals surface area (Å²) >= 11 is 16.9. The topological polar surface area (TPSA) is 45.8 Å². The van der Waals surface area contributed by atoms with Crippen LogP contribution in [0.1, 0.15) is 0 Å². The standard InChI is InChI=1S/C8H6N2OS4/c11-8-2-3(9-1-10-8)5(13)7(15)6(14)4(2)12/h1,12-15H,(H,9,10,11). The number of rotatable bonds is 0. The fourth-order valence-electron chi connectivity index (χ4n) is 1.25. The molecule has 2 rings (SSSR count). The summed E-state index contributed by atoms with van der Waals surface area (Å²) in [5.74, 6) is 0. The maximum Gasteiger partial charge on any atom is 0.259 e. The molecule has 1 N–H and O–H groups in total. The number of nitrogens with zero attached hydrogens (tertiary/aromatic N) is 1. The zero-order chi connectivity index (χ0) is 11.2. The normalized spacial score (nSPS) is 10.9. The average Bonchev–Trinajstić information content (AvgIpc) is 2.23. The molecule has 0 aliphatic carbocycles. The van der Waals surface area contributed by atoms with E-state index in [0.717, 1.165) is 0 Å². The molecule has 0 saturated heterocycles. The number of benzene rings is 1. The first-order valence-electron chi connectivity index (χ1n) is 3.87. The van der Waals surface area contributed by atoms with Gasteiger partial charge in [0.25, 0.3) is 5.56 Å². The van der Waals surface area contributed by atoms with E-state index in [4.69, 9.17) is 0 Å². The highest BCUT2D eigenvalue weighted by Gasteiger charge is 2.14. The molecule has 0 spiro atoms. The van der Waals surface area contributed by atoms with Crippen molar-refractivity contribution < 1.29 is 0 Å². The van der Waals surface area contributed by atoms with Gasteiger partial charge in [-0.25, -0.2) is 4.98 Å². The minimum absolute atomic E-state index is 0.260. The van der Waals surface area contributed by atoms with Crippen molar-refractivity contribution in [2.75, 3.05) is 0 Å². The van der Waals surface area contributed by atoms with Crippen LogP contribution in [0.2, 0.25) is 0 Å². The Bertz CT molecular complexity index is 608. The van der Waals surface area contributed by atoms with Crippen molar-refractivity contribution in [1.82, 2.24) is 9.97 Å². The van der Waals surface area contributed by atoms with E-state index in [1.165, 1.54) is 6.33 Å². The van der Waals surface area contributed by atoms with Crippen LogP contribution in [0.5, 0.6) is 0 Å². The van der Waals surface area contributed by atoms with Crippen molar-refractivity contribution in [3.05, 3.63) is 16.7 Å². The first kappa shape index (κ1) is 11.3. The number of nitrogens with one attached hydrogen (secondary N) is 1. The number of aromatic nitrogens is 2. The number of H-pyrrole nitrogens is 1. The van der Waals surface area contributed by atoms with Gasteiger partial charge in [0.05, 0.1) is 17.2 Å². The lowest BCUT2D eigenvalue weighted by Gasteiger charge is -2.08. The van der Waals surface area contributed by atoms with Gasteiger partial charge in [-0.3, -0.25) is 4.79 Å². The third-order valence-electron chi connectivity index (χ3n) is 1.99. The van der Waals surface area contributed by atoms with Gasteiger partial charge in [-0.2, -0.15) is 0 Å². The minimum atomic E-state index is -0.260. The van der Waals surface area contributed by atoms with Crippen LogP contribution in [0.15, 0.2) is 30.7 Å². The Hall–Kier alpha value is -0.240. The molecule has 3 nitrogen and oxygen atoms in total. The van der Waals surface area contributed by atoms with E-state index < -0.39 is 0 Å². The van der Waals surface area contributed by atoms with Gasteiger partial charge >= 0.3 is 0 Å². The summed E-state index contributed by atoms with van der Waals surface area (Å²) in [6.07, 6.45) is 1.32. The Kier molecular flexibility index (Phi) is 2.98. The molecule has 15 heavy (non-hydrogen) atoms. The van der Waals surface area contributed by atoms with Crippen molar-refractivity contribution in [3.63, 3.8) is 0 Å². The molecule has 0 unspecified atom stereocenters. The van der Waals surface area contributed by atoms with E-state index in [1.54, 1.807) is 0 Å². The summed E-state index contributed by atoms with van der Waals surface area (Å²) in [5, 5.41) is 0.383. The van der Waals surface area contributed by atoms with Gasteiger partial charge in [0, 0.05) is 19.6 Å². The molecule has 0 atom stereocenters. The molecular formula is C8H6N2OS4. The summed E-state index contributed by atoms with van der Waals surface area (Å²) in [4.78, 5) is 20.2. The van der Waals surface area contributed by atoms with Crippen molar-refractivity contribution in [3.8, 4) is 0 Å². The summed E-state index contributed by atoms with van der Waals surface area (Å²) in [6, 6.07) is 0. The molecule has 0 saturated carbocycles. The van der Waals surface area contributed by atoms with Crippen molar-refractivity contribution >= 4 is 61.4 Å². The number of thiol groups is 4. The second-order valence-corrected chi connectivity index (χ2v) is 4.64. The molecule has 0 aliphatic heterocycles. The summed E-state index contributed by atoms with van der Waals surface area (Å²) < 4.78 is 0. The molecule has 0 amide bonds. The lowest BCUT2D eigenvalue weighted by molar-refractivity contribution is 1.05. The van der Waals surface area contributed by atoms with Crippen LogP contribution in [0.3, 0.4) is 0 Å². The summed E-state index contributed by atoms with van der Waals surface area (Å²) in [5.41, 5.74) is 0.221. The maximum absolute atomic E-state index is 11.6. The quantitative estimate of drug-likeness (QED) is 0.478. The van der Waals surface area contributed by atoms with Crippen LogP contribution in [-0.4, -0.2) is 9.97 Å². The highest BCUT2D eigenvalue weighted by atomic mass is 32.1. The van der Waals surface area contributed by atoms with Gasteiger partial charge in [0.15, 0.2) is 0 Å². The third kappa shape index (κ3) is 1.67. The van der Waals surface area contributed by atoms with E-state index in [9.17, 15) is 4.79 Å². The van der Waals surface area contributed by atoms with Crippen LogP contribution in [0.4, 0.5) is 0 Å². The highest BCUT2D eigenvalue weighted by molar-refractivity contribution is 7.86. The number of hydrogen-bond donors (Lipinski definition) is 5. The van der Waals surface area contributed by atoms with E-state index in [2.05, 4.69) is 60.5 Å². The Labute approximate surface area is 107 Å². The van der Waals surface area contributed by atoms with Gasteiger partial charge in [-0.05, 0) is 0 Å². The Morgan fingerprint density at radius 3 is 2.27 bits per heavy atom. The van der Waals surface area contributed by atoms with Gasteiger partial charge in [0.2, 0.25) is 0 Å². The van der Waals surface area contributed by atoms with Gasteiger partial charge in [0.1, 0.15) is 0 Å². The van der Waals surface area contributed by atoms with E-state index in [1.807, 2.05) is 0 Å². The second kappa shape index (κ2) is 3.97. The molecule has 1 heterocycles. The Morgan fingerprint density at radius 2 is 1.60 bits per heavy atom. The summed E-state index contributed by atoms with van der Waals surface area (Å²) in [6.45, 7) is 0. The monoisotopic (exact) mass is 274 g/mol. The van der Waals surface area contributed by atoms with Gasteiger partial charge in [-0.1, -0.05) is 0 Å². The van der Waals surface area contributed by atoms with Crippen molar-refractivity contribution in [2.24, 2.45) is 0 Å². The van der Waals surface area contributed by atoms with Gasteiger partial charge < -0.3 is 4.98 Å². The van der Waals surface area contributed by atoms with Crippen molar-refractivity contribution in [1.29, 1.82) is 0 Å². The Balaban J connectivity index is 3.15. The molecule has 1 aromatic heterocycles. The Morgan fingerprint density at radius 1 is 1.00 bits per heavy atom. The second-order valence-electron chi connectivity index (χ2n) is 2.85. The van der Waals surface area contributed by atoms with Crippen LogP contribution in [0, 0.1) is 0 Å². The average molecular weight is 274 g/mol. The lowest BCUT2D eigenvalue weighted by Crippen LogP contribution is -2.08. The van der Waals surface area contributed by atoms with Crippen molar-refractivity contribution in [2.45, 2.75) is 19.6 Å². The van der Waals surface area contributed by atoms with E-state index in [-0.39, 0.29) is 5.56 Å². The first-order chi connectivity index (χ1) is 7.04. The molecule has 0 fully saturated rings. The predicted octanol–water partition coefficient (Wildman–Crippen LogP) is 2.08. The summed E-state index contributed by atoms with van der Waals surface area (Å²) in [7, 11) is 0.